The fraction of sp³-hybridized carbons (Fsp3) is 0.0769. The van der Waals surface area contributed by atoms with Crippen LogP contribution < -0.4 is 0 Å². The first-order valence-corrected chi connectivity index (χ1v) is 7.03. The van der Waals surface area contributed by atoms with Crippen LogP contribution in [-0.2, 0) is 10.2 Å². The zero-order valence-corrected chi connectivity index (χ0v) is 10.6. The van der Waals surface area contributed by atoms with E-state index in [1.54, 1.807) is 36.4 Å². The molecule has 2 rings (SSSR count). The summed E-state index contributed by atoms with van der Waals surface area (Å²) in [4.78, 5) is 17.4. The molecule has 100 valence electrons. The van der Waals surface area contributed by atoms with Crippen LogP contribution in [0.3, 0.4) is 0 Å². The summed E-state index contributed by atoms with van der Waals surface area (Å²) in [6, 6.07) is 13.8. The zero-order chi connectivity index (χ0) is 14.1. The van der Waals surface area contributed by atoms with Crippen molar-refractivity contribution >= 4 is 7.60 Å². The molecule has 19 heavy (non-hydrogen) atoms. The van der Waals surface area contributed by atoms with Gasteiger partial charge in [-0.05, 0) is 17.2 Å². The van der Waals surface area contributed by atoms with Crippen molar-refractivity contribution in [1.29, 1.82) is 0 Å². The van der Waals surface area contributed by atoms with E-state index in [2.05, 4.69) is 0 Å². The van der Waals surface area contributed by atoms with Crippen molar-refractivity contribution < 1.29 is 23.1 Å². The summed E-state index contributed by atoms with van der Waals surface area (Å²) >= 11 is 0. The smallest absolute Gasteiger partial charge is 0.320 e. The maximum Gasteiger partial charge on any atom is 0.399 e. The van der Waals surface area contributed by atoms with Gasteiger partial charge in [0.1, 0.15) is 0 Å². The molecule has 0 aliphatic carbocycles. The third-order valence-electron chi connectivity index (χ3n) is 2.68. The molecular weight excluding hydrogens is 273 g/mol. The molecule has 0 saturated heterocycles. The van der Waals surface area contributed by atoms with E-state index in [1.165, 1.54) is 6.07 Å². The number of alkyl halides is 2. The minimum atomic E-state index is -5.54. The number of rotatable bonds is 3. The summed E-state index contributed by atoms with van der Waals surface area (Å²) in [5.74, 6) is 0. The van der Waals surface area contributed by atoms with Gasteiger partial charge in [0.25, 0.3) is 0 Å². The van der Waals surface area contributed by atoms with Crippen LogP contribution in [0.15, 0.2) is 54.6 Å². The largest absolute Gasteiger partial charge is 0.399 e. The number of hydrogen-bond donors (Lipinski definition) is 2. The number of benzene rings is 2. The second-order valence-corrected chi connectivity index (χ2v) is 5.68. The van der Waals surface area contributed by atoms with Crippen molar-refractivity contribution in [2.75, 3.05) is 0 Å². The van der Waals surface area contributed by atoms with Crippen molar-refractivity contribution in [2.24, 2.45) is 0 Å². The third-order valence-corrected chi connectivity index (χ3v) is 3.67. The van der Waals surface area contributed by atoms with Gasteiger partial charge in [-0.2, -0.15) is 8.78 Å². The van der Waals surface area contributed by atoms with E-state index in [1.807, 2.05) is 0 Å². The fourth-order valence-electron chi connectivity index (χ4n) is 1.68. The molecular formula is C13H11F2O3P. The molecule has 0 radical (unpaired) electrons. The molecule has 0 heterocycles. The van der Waals surface area contributed by atoms with E-state index >= 15 is 0 Å². The molecule has 0 atom stereocenters. The highest BCUT2D eigenvalue weighted by Gasteiger charge is 2.50. The normalized spacial score (nSPS) is 12.4. The Morgan fingerprint density at radius 2 is 1.47 bits per heavy atom. The Morgan fingerprint density at radius 3 is 2.05 bits per heavy atom. The molecule has 0 aliphatic heterocycles. The van der Waals surface area contributed by atoms with Gasteiger partial charge in [-0.25, -0.2) is 0 Å². The Bertz CT molecular complexity index is 623. The predicted octanol–water partition coefficient (Wildman–Crippen LogP) is 3.58. The first-order valence-electron chi connectivity index (χ1n) is 5.42. The molecule has 0 spiro atoms. The lowest BCUT2D eigenvalue weighted by Crippen LogP contribution is -2.13. The molecule has 0 aromatic heterocycles. The molecule has 6 heteroatoms. The van der Waals surface area contributed by atoms with E-state index in [0.717, 1.165) is 12.1 Å². The lowest BCUT2D eigenvalue weighted by molar-refractivity contribution is 0.0565. The van der Waals surface area contributed by atoms with Crippen molar-refractivity contribution in [1.82, 2.24) is 0 Å². The summed E-state index contributed by atoms with van der Waals surface area (Å²) in [5, 5.41) is 0. The zero-order valence-electron chi connectivity index (χ0n) is 9.70. The van der Waals surface area contributed by atoms with Gasteiger partial charge in [-0.3, -0.25) is 4.57 Å². The Balaban J connectivity index is 2.50. The lowest BCUT2D eigenvalue weighted by Gasteiger charge is -2.18. The van der Waals surface area contributed by atoms with Gasteiger partial charge in [0.15, 0.2) is 0 Å². The molecule has 2 aromatic carbocycles. The average Bonchev–Trinajstić information content (AvgIpc) is 2.39. The molecule has 0 fully saturated rings. The molecule has 2 N–H and O–H groups in total. The van der Waals surface area contributed by atoms with Crippen LogP contribution in [0.5, 0.6) is 0 Å². The number of hydrogen-bond acceptors (Lipinski definition) is 1. The van der Waals surface area contributed by atoms with Crippen LogP contribution >= 0.6 is 7.60 Å². The molecule has 0 amide bonds. The maximum absolute atomic E-state index is 13.6. The van der Waals surface area contributed by atoms with E-state index in [4.69, 9.17) is 9.79 Å². The van der Waals surface area contributed by atoms with Gasteiger partial charge < -0.3 is 9.79 Å². The monoisotopic (exact) mass is 284 g/mol. The SMILES string of the molecule is O=P(O)(O)C(F)(F)c1cccc(-c2ccccc2)c1. The van der Waals surface area contributed by atoms with Crippen LogP contribution in [0.25, 0.3) is 11.1 Å². The Hall–Kier alpha value is -1.55. The van der Waals surface area contributed by atoms with E-state index in [-0.39, 0.29) is 0 Å². The van der Waals surface area contributed by atoms with Crippen molar-refractivity contribution in [2.45, 2.75) is 5.66 Å². The molecule has 0 aliphatic rings. The quantitative estimate of drug-likeness (QED) is 0.847. The van der Waals surface area contributed by atoms with Crippen molar-refractivity contribution in [3.63, 3.8) is 0 Å². The van der Waals surface area contributed by atoms with Crippen LogP contribution in [0.4, 0.5) is 8.78 Å². The summed E-state index contributed by atoms with van der Waals surface area (Å²) < 4.78 is 38.0. The molecule has 0 bridgehead atoms. The molecule has 0 saturated carbocycles. The minimum absolute atomic E-state index is 0.478. The first-order chi connectivity index (χ1) is 8.82. The first kappa shape index (κ1) is 13.9. The standard InChI is InChI=1S/C13H11F2O3P/c14-13(15,19(16,17)18)12-8-4-7-11(9-12)10-5-2-1-3-6-10/h1-9H,(H2,16,17,18). The molecule has 0 unspecified atom stereocenters. The van der Waals surface area contributed by atoms with Crippen LogP contribution in [0, 0.1) is 0 Å². The Morgan fingerprint density at radius 1 is 0.895 bits per heavy atom. The summed E-state index contributed by atoms with van der Waals surface area (Å²) in [6.45, 7) is 0. The van der Waals surface area contributed by atoms with Gasteiger partial charge in [0.05, 0.1) is 0 Å². The summed E-state index contributed by atoms with van der Waals surface area (Å²) in [6.07, 6.45) is 0. The van der Waals surface area contributed by atoms with Gasteiger partial charge >= 0.3 is 13.3 Å². The van der Waals surface area contributed by atoms with Gasteiger partial charge in [0, 0.05) is 5.56 Å². The average molecular weight is 284 g/mol. The second kappa shape index (κ2) is 4.85. The number of halogens is 2. The minimum Gasteiger partial charge on any atom is -0.320 e. The van der Waals surface area contributed by atoms with E-state index < -0.39 is 18.8 Å². The molecule has 2 aromatic rings. The van der Waals surface area contributed by atoms with Gasteiger partial charge in [0.2, 0.25) is 0 Å². The van der Waals surface area contributed by atoms with Gasteiger partial charge in [-0.15, -0.1) is 0 Å². The lowest BCUT2D eigenvalue weighted by atomic mass is 10.0. The van der Waals surface area contributed by atoms with Crippen molar-refractivity contribution in [3.05, 3.63) is 60.2 Å². The maximum atomic E-state index is 13.6. The second-order valence-electron chi connectivity index (χ2n) is 4.03. The van der Waals surface area contributed by atoms with E-state index in [0.29, 0.717) is 11.1 Å². The van der Waals surface area contributed by atoms with Crippen LogP contribution in [0.1, 0.15) is 5.56 Å². The van der Waals surface area contributed by atoms with Gasteiger partial charge in [-0.1, -0.05) is 48.5 Å². The Labute approximate surface area is 108 Å². The topological polar surface area (TPSA) is 57.5 Å². The Kier molecular flexibility index (Phi) is 3.54. The van der Waals surface area contributed by atoms with Crippen LogP contribution in [-0.4, -0.2) is 9.79 Å². The summed E-state index contributed by atoms with van der Waals surface area (Å²) in [5.41, 5.74) is -3.70. The fourth-order valence-corrected chi connectivity index (χ4v) is 2.16. The highest BCUT2D eigenvalue weighted by molar-refractivity contribution is 7.52. The van der Waals surface area contributed by atoms with E-state index in [9.17, 15) is 13.3 Å². The predicted molar refractivity (Wildman–Crippen MR) is 67.8 cm³/mol. The third kappa shape index (κ3) is 2.73. The molecule has 3 nitrogen and oxygen atoms in total. The van der Waals surface area contributed by atoms with Crippen molar-refractivity contribution in [3.8, 4) is 11.1 Å². The highest BCUT2D eigenvalue weighted by Crippen LogP contribution is 2.59. The highest BCUT2D eigenvalue weighted by atomic mass is 31.2. The summed E-state index contributed by atoms with van der Waals surface area (Å²) in [7, 11) is -5.54. The van der Waals surface area contributed by atoms with Crippen LogP contribution in [0.2, 0.25) is 0 Å².